The molecule has 11 rings (SSSR count). The van der Waals surface area contributed by atoms with Gasteiger partial charge in [-0.25, -0.2) is 0 Å². The summed E-state index contributed by atoms with van der Waals surface area (Å²) < 4.78 is 0. The number of nitrogens with zero attached hydrogens (tertiary/aromatic N) is 2. The molecule has 2 heterocycles. The molecule has 0 bridgehead atoms. The fraction of sp³-hybridized carbons (Fsp3) is 0. The van der Waals surface area contributed by atoms with Gasteiger partial charge >= 0.3 is 0 Å². The van der Waals surface area contributed by atoms with Crippen molar-refractivity contribution in [3.63, 3.8) is 0 Å². The zero-order valence-corrected chi connectivity index (χ0v) is 27.9. The van der Waals surface area contributed by atoms with Gasteiger partial charge in [0.05, 0.1) is 0 Å². The number of para-hydroxylation sites is 3. The average Bonchev–Trinajstić information content (AvgIpc) is 3.21. The molecule has 0 spiro atoms. The SMILES string of the molecule is c1ccc(N2c3ccccc3B3c4ccccc4N(c4ccc(-c5cccc6c7ccccc7c7ccccc7c56)cc4)c4cccc2c43)cc1. The van der Waals surface area contributed by atoms with Gasteiger partial charge in [-0.2, -0.15) is 0 Å². The average molecular weight is 647 g/mol. The standard InChI is InChI=1S/C48H31BN2/c1-2-14-33(15-3-1)50-43-24-10-8-22-41(43)49-42-23-9-11-25-44(42)51(46-27-13-26-45(50)48(46)49)34-30-28-32(29-31-34)35-20-12-21-40-38-17-5-4-16-36(38)37-18-6-7-19-39(37)47(35)40/h1-31H. The topological polar surface area (TPSA) is 6.48 Å². The van der Waals surface area contributed by atoms with E-state index in [0.717, 1.165) is 5.69 Å². The molecule has 236 valence electrons. The summed E-state index contributed by atoms with van der Waals surface area (Å²) in [6.07, 6.45) is 0. The zero-order chi connectivity index (χ0) is 33.5. The van der Waals surface area contributed by atoms with Crippen LogP contribution in [-0.2, 0) is 0 Å². The normalized spacial score (nSPS) is 13.0. The minimum atomic E-state index is 0.137. The van der Waals surface area contributed by atoms with Gasteiger partial charge in [-0.1, -0.05) is 140 Å². The van der Waals surface area contributed by atoms with E-state index in [0.29, 0.717) is 0 Å². The largest absolute Gasteiger partial charge is 0.311 e. The van der Waals surface area contributed by atoms with Crippen LogP contribution in [-0.4, -0.2) is 6.71 Å². The Hall–Kier alpha value is -6.58. The first-order chi connectivity index (χ1) is 25.3. The third-order valence-corrected chi connectivity index (χ3v) is 11.0. The second-order valence-electron chi connectivity index (χ2n) is 13.6. The van der Waals surface area contributed by atoms with Crippen LogP contribution >= 0.6 is 0 Å². The molecule has 0 unspecified atom stereocenters. The Bertz CT molecular complexity index is 2780. The summed E-state index contributed by atoms with van der Waals surface area (Å²) in [5.41, 5.74) is 13.7. The molecule has 0 atom stereocenters. The van der Waals surface area contributed by atoms with E-state index in [1.165, 1.54) is 88.3 Å². The van der Waals surface area contributed by atoms with E-state index in [1.807, 2.05) is 0 Å². The van der Waals surface area contributed by atoms with Crippen LogP contribution in [0.25, 0.3) is 43.4 Å². The first-order valence-electron chi connectivity index (χ1n) is 17.7. The van der Waals surface area contributed by atoms with Crippen LogP contribution in [0.5, 0.6) is 0 Å². The second kappa shape index (κ2) is 11.0. The van der Waals surface area contributed by atoms with Crippen LogP contribution in [0.2, 0.25) is 0 Å². The summed E-state index contributed by atoms with van der Waals surface area (Å²) in [7, 11) is 0. The quantitative estimate of drug-likeness (QED) is 0.139. The van der Waals surface area contributed by atoms with Gasteiger partial charge in [0.25, 0.3) is 6.71 Å². The van der Waals surface area contributed by atoms with Crippen LogP contribution in [0.3, 0.4) is 0 Å². The predicted octanol–water partition coefficient (Wildman–Crippen LogP) is 10.9. The van der Waals surface area contributed by atoms with Crippen LogP contribution in [0.4, 0.5) is 34.1 Å². The lowest BCUT2D eigenvalue weighted by Gasteiger charge is -2.44. The van der Waals surface area contributed by atoms with Gasteiger partial charge in [0.15, 0.2) is 0 Å². The number of benzene rings is 9. The molecule has 0 aromatic heterocycles. The highest BCUT2D eigenvalue weighted by Gasteiger charge is 2.42. The van der Waals surface area contributed by atoms with E-state index in [2.05, 4.69) is 198 Å². The smallest absolute Gasteiger partial charge is 0.252 e. The number of rotatable bonds is 3. The fourth-order valence-corrected chi connectivity index (χ4v) is 8.96. The second-order valence-corrected chi connectivity index (χ2v) is 13.6. The van der Waals surface area contributed by atoms with Crippen molar-refractivity contribution in [3.8, 4) is 11.1 Å². The summed E-state index contributed by atoms with van der Waals surface area (Å²) >= 11 is 0. The summed E-state index contributed by atoms with van der Waals surface area (Å²) in [6, 6.07) is 69.1. The van der Waals surface area contributed by atoms with Crippen molar-refractivity contribution < 1.29 is 0 Å². The third-order valence-electron chi connectivity index (χ3n) is 11.0. The molecule has 3 heteroatoms. The van der Waals surface area contributed by atoms with Gasteiger partial charge in [0.2, 0.25) is 0 Å². The molecule has 0 saturated carbocycles. The molecule has 2 aliphatic heterocycles. The molecule has 0 aliphatic carbocycles. The molecule has 51 heavy (non-hydrogen) atoms. The lowest BCUT2D eigenvalue weighted by atomic mass is 9.33. The molecule has 0 amide bonds. The molecule has 9 aromatic rings. The van der Waals surface area contributed by atoms with Crippen LogP contribution in [0.1, 0.15) is 0 Å². The zero-order valence-electron chi connectivity index (χ0n) is 27.9. The Morgan fingerprint density at radius 3 is 1.35 bits per heavy atom. The molecule has 2 nitrogen and oxygen atoms in total. The van der Waals surface area contributed by atoms with Crippen molar-refractivity contribution in [1.82, 2.24) is 0 Å². The van der Waals surface area contributed by atoms with Gasteiger partial charge in [-0.3, -0.25) is 0 Å². The van der Waals surface area contributed by atoms with E-state index in [-0.39, 0.29) is 6.71 Å². The predicted molar refractivity (Wildman–Crippen MR) is 218 cm³/mol. The molecule has 2 aliphatic rings. The van der Waals surface area contributed by atoms with Crippen molar-refractivity contribution in [2.24, 2.45) is 0 Å². The van der Waals surface area contributed by atoms with Crippen LogP contribution in [0.15, 0.2) is 188 Å². The van der Waals surface area contributed by atoms with Gasteiger partial charge in [-0.05, 0) is 108 Å². The fourth-order valence-electron chi connectivity index (χ4n) is 8.96. The summed E-state index contributed by atoms with van der Waals surface area (Å²) in [4.78, 5) is 4.91. The number of hydrogen-bond donors (Lipinski definition) is 0. The van der Waals surface area contributed by atoms with Gasteiger partial charge < -0.3 is 9.80 Å². The molecule has 9 aromatic carbocycles. The van der Waals surface area contributed by atoms with Crippen LogP contribution < -0.4 is 26.2 Å². The highest BCUT2D eigenvalue weighted by molar-refractivity contribution is 7.00. The van der Waals surface area contributed by atoms with E-state index < -0.39 is 0 Å². The Morgan fingerprint density at radius 2 is 0.745 bits per heavy atom. The molecular formula is C48H31BN2. The van der Waals surface area contributed by atoms with E-state index in [4.69, 9.17) is 0 Å². The van der Waals surface area contributed by atoms with Crippen molar-refractivity contribution in [2.75, 3.05) is 9.80 Å². The summed E-state index contributed by atoms with van der Waals surface area (Å²) in [6.45, 7) is 0.137. The first-order valence-corrected chi connectivity index (χ1v) is 17.7. The molecule has 0 N–H and O–H groups in total. The molecule has 0 saturated heterocycles. The monoisotopic (exact) mass is 646 g/mol. The minimum absolute atomic E-state index is 0.137. The Balaban J connectivity index is 1.10. The maximum absolute atomic E-state index is 2.47. The van der Waals surface area contributed by atoms with E-state index in [1.54, 1.807) is 0 Å². The van der Waals surface area contributed by atoms with Crippen molar-refractivity contribution in [3.05, 3.63) is 188 Å². The van der Waals surface area contributed by atoms with Crippen molar-refractivity contribution in [1.29, 1.82) is 0 Å². The highest BCUT2D eigenvalue weighted by Crippen LogP contribution is 2.45. The Kier molecular flexibility index (Phi) is 6.08. The van der Waals surface area contributed by atoms with Crippen molar-refractivity contribution >= 4 is 89.5 Å². The summed E-state index contributed by atoms with van der Waals surface area (Å²) in [5, 5.41) is 7.78. The first kappa shape index (κ1) is 28.3. The lowest BCUT2D eigenvalue weighted by Crippen LogP contribution is -2.61. The Morgan fingerprint density at radius 1 is 0.314 bits per heavy atom. The summed E-state index contributed by atoms with van der Waals surface area (Å²) in [5.74, 6) is 0. The van der Waals surface area contributed by atoms with Gasteiger partial charge in [-0.15, -0.1) is 0 Å². The number of hydrogen-bond acceptors (Lipinski definition) is 2. The lowest BCUT2D eigenvalue weighted by molar-refractivity contribution is 1.25. The van der Waals surface area contributed by atoms with Gasteiger partial charge in [0.1, 0.15) is 0 Å². The Labute approximate surface area is 297 Å². The number of anilines is 6. The number of fused-ring (bicyclic) bond motifs is 10. The minimum Gasteiger partial charge on any atom is -0.311 e. The third kappa shape index (κ3) is 4.06. The van der Waals surface area contributed by atoms with Gasteiger partial charge in [0, 0.05) is 34.1 Å². The molecule has 0 fully saturated rings. The van der Waals surface area contributed by atoms with Crippen molar-refractivity contribution in [2.45, 2.75) is 0 Å². The maximum Gasteiger partial charge on any atom is 0.252 e. The van der Waals surface area contributed by atoms with E-state index >= 15 is 0 Å². The maximum atomic E-state index is 2.47. The van der Waals surface area contributed by atoms with Crippen LogP contribution in [0, 0.1) is 0 Å². The van der Waals surface area contributed by atoms with E-state index in [9.17, 15) is 0 Å². The molecular weight excluding hydrogens is 615 g/mol. The highest BCUT2D eigenvalue weighted by atomic mass is 15.2. The molecule has 0 radical (unpaired) electrons.